The summed E-state index contributed by atoms with van der Waals surface area (Å²) in [4.78, 5) is 12.0. The molecular weight excluding hydrogens is 209 g/mol. The molecule has 1 spiro atoms. The number of rotatable bonds is 0. The van der Waals surface area contributed by atoms with E-state index in [0.29, 0.717) is 18.0 Å². The van der Waals surface area contributed by atoms with Crippen molar-refractivity contribution in [3.63, 3.8) is 0 Å². The van der Waals surface area contributed by atoms with Gasteiger partial charge in [-0.05, 0) is 25.0 Å². The molecule has 1 heterocycles. The van der Waals surface area contributed by atoms with Crippen molar-refractivity contribution < 1.29 is 13.9 Å². The predicted molar refractivity (Wildman–Crippen MR) is 56.8 cm³/mol. The second-order valence-corrected chi connectivity index (χ2v) is 4.52. The van der Waals surface area contributed by atoms with E-state index in [4.69, 9.17) is 4.74 Å². The smallest absolute Gasteiger partial charge is 0.234 e. The van der Waals surface area contributed by atoms with Crippen LogP contribution < -0.4 is 10.1 Å². The predicted octanol–water partition coefficient (Wildman–Crippen LogP) is 2.33. The van der Waals surface area contributed by atoms with Crippen LogP contribution in [0, 0.1) is 11.2 Å². The molecule has 1 fully saturated rings. The number of nitrogens with one attached hydrogen (secondary N) is 1. The fraction of sp³-hybridized carbons (Fsp3) is 0.417. The van der Waals surface area contributed by atoms with Crippen molar-refractivity contribution >= 4 is 11.6 Å². The van der Waals surface area contributed by atoms with E-state index in [0.717, 1.165) is 19.3 Å². The highest BCUT2D eigenvalue weighted by Crippen LogP contribution is 2.45. The van der Waals surface area contributed by atoms with Gasteiger partial charge in [-0.1, -0.05) is 6.42 Å². The molecule has 4 heteroatoms. The van der Waals surface area contributed by atoms with Crippen LogP contribution in [0.25, 0.3) is 0 Å². The molecule has 1 aromatic carbocycles. The van der Waals surface area contributed by atoms with Crippen molar-refractivity contribution in [1.29, 1.82) is 0 Å². The van der Waals surface area contributed by atoms with Gasteiger partial charge >= 0.3 is 0 Å². The molecule has 0 radical (unpaired) electrons. The molecule has 16 heavy (non-hydrogen) atoms. The Morgan fingerprint density at radius 1 is 1.38 bits per heavy atom. The topological polar surface area (TPSA) is 38.3 Å². The number of fused-ring (bicyclic) bond motifs is 1. The Kier molecular flexibility index (Phi) is 1.93. The Morgan fingerprint density at radius 3 is 2.88 bits per heavy atom. The standard InChI is InChI=1S/C12H12FNO2/c13-8-2-3-10-9(6-8)14-11(15)12(7-16-10)4-1-5-12/h2-3,6H,1,4-5,7H2,(H,14,15). The number of benzene rings is 1. The second kappa shape index (κ2) is 3.20. The van der Waals surface area contributed by atoms with Crippen LogP contribution in [0.1, 0.15) is 19.3 Å². The maximum Gasteiger partial charge on any atom is 0.234 e. The number of carbonyl (C=O) groups excluding carboxylic acids is 1. The quantitative estimate of drug-likeness (QED) is 0.730. The van der Waals surface area contributed by atoms with Gasteiger partial charge in [-0.3, -0.25) is 4.79 Å². The van der Waals surface area contributed by atoms with Crippen molar-refractivity contribution in [1.82, 2.24) is 0 Å². The zero-order valence-corrected chi connectivity index (χ0v) is 8.75. The van der Waals surface area contributed by atoms with Crippen molar-refractivity contribution in [2.75, 3.05) is 11.9 Å². The average molecular weight is 221 g/mol. The number of amides is 1. The van der Waals surface area contributed by atoms with E-state index in [-0.39, 0.29) is 17.1 Å². The van der Waals surface area contributed by atoms with Crippen LogP contribution in [0.3, 0.4) is 0 Å². The number of hydrogen-bond acceptors (Lipinski definition) is 2. The van der Waals surface area contributed by atoms with Gasteiger partial charge in [0.2, 0.25) is 5.91 Å². The molecule has 2 aliphatic rings. The minimum absolute atomic E-state index is 0.0388. The summed E-state index contributed by atoms with van der Waals surface area (Å²) >= 11 is 0. The van der Waals surface area contributed by atoms with E-state index in [2.05, 4.69) is 5.32 Å². The number of carbonyl (C=O) groups is 1. The van der Waals surface area contributed by atoms with Crippen molar-refractivity contribution in [2.45, 2.75) is 19.3 Å². The molecule has 1 saturated carbocycles. The van der Waals surface area contributed by atoms with Crippen LogP contribution >= 0.6 is 0 Å². The summed E-state index contributed by atoms with van der Waals surface area (Å²) in [5.41, 5.74) is 0.0592. The number of anilines is 1. The van der Waals surface area contributed by atoms with Gasteiger partial charge in [0, 0.05) is 6.07 Å². The van der Waals surface area contributed by atoms with E-state index in [1.165, 1.54) is 12.1 Å². The van der Waals surface area contributed by atoms with Crippen LogP contribution in [-0.2, 0) is 4.79 Å². The fourth-order valence-corrected chi connectivity index (χ4v) is 2.24. The summed E-state index contributed by atoms with van der Waals surface area (Å²) in [5.74, 6) is 0.147. The highest BCUT2D eigenvalue weighted by molar-refractivity contribution is 5.97. The van der Waals surface area contributed by atoms with Crippen molar-refractivity contribution in [3.8, 4) is 5.75 Å². The molecule has 1 aliphatic carbocycles. The molecule has 0 atom stereocenters. The Labute approximate surface area is 92.6 Å². The first-order chi connectivity index (χ1) is 7.70. The zero-order valence-electron chi connectivity index (χ0n) is 8.75. The third kappa shape index (κ3) is 1.29. The lowest BCUT2D eigenvalue weighted by atomic mass is 9.69. The van der Waals surface area contributed by atoms with Gasteiger partial charge in [-0.2, -0.15) is 0 Å². The SMILES string of the molecule is O=C1Nc2cc(F)ccc2OCC12CCC2. The molecule has 0 bridgehead atoms. The van der Waals surface area contributed by atoms with E-state index in [9.17, 15) is 9.18 Å². The van der Waals surface area contributed by atoms with Gasteiger partial charge in [-0.25, -0.2) is 4.39 Å². The molecule has 0 unspecified atom stereocenters. The summed E-state index contributed by atoms with van der Waals surface area (Å²) in [7, 11) is 0. The largest absolute Gasteiger partial charge is 0.490 e. The monoisotopic (exact) mass is 221 g/mol. The first-order valence-electron chi connectivity index (χ1n) is 5.43. The van der Waals surface area contributed by atoms with Crippen molar-refractivity contribution in [2.24, 2.45) is 5.41 Å². The summed E-state index contributed by atoms with van der Waals surface area (Å²) in [5, 5.41) is 2.75. The minimum atomic E-state index is -0.379. The molecule has 3 rings (SSSR count). The van der Waals surface area contributed by atoms with Crippen LogP contribution in [0.2, 0.25) is 0 Å². The lowest BCUT2D eigenvalue weighted by Crippen LogP contribution is -2.45. The van der Waals surface area contributed by atoms with Crippen LogP contribution in [-0.4, -0.2) is 12.5 Å². The van der Waals surface area contributed by atoms with Gasteiger partial charge < -0.3 is 10.1 Å². The van der Waals surface area contributed by atoms with Gasteiger partial charge in [-0.15, -0.1) is 0 Å². The summed E-state index contributed by atoms with van der Waals surface area (Å²) < 4.78 is 18.6. The van der Waals surface area contributed by atoms with Gasteiger partial charge in [0.25, 0.3) is 0 Å². The lowest BCUT2D eigenvalue weighted by molar-refractivity contribution is -0.132. The van der Waals surface area contributed by atoms with E-state index in [1.54, 1.807) is 6.07 Å². The second-order valence-electron chi connectivity index (χ2n) is 4.52. The van der Waals surface area contributed by atoms with E-state index < -0.39 is 0 Å². The molecule has 0 aromatic heterocycles. The van der Waals surface area contributed by atoms with Gasteiger partial charge in [0.1, 0.15) is 18.2 Å². The third-order valence-electron chi connectivity index (χ3n) is 3.49. The maximum absolute atomic E-state index is 13.0. The summed E-state index contributed by atoms with van der Waals surface area (Å²) in [6, 6.07) is 4.19. The molecule has 1 aromatic rings. The van der Waals surface area contributed by atoms with E-state index >= 15 is 0 Å². The Morgan fingerprint density at radius 2 is 2.19 bits per heavy atom. The highest BCUT2D eigenvalue weighted by Gasteiger charge is 2.46. The minimum Gasteiger partial charge on any atom is -0.490 e. The highest BCUT2D eigenvalue weighted by atomic mass is 19.1. The molecular formula is C12H12FNO2. The van der Waals surface area contributed by atoms with Gasteiger partial charge in [0.05, 0.1) is 11.1 Å². The van der Waals surface area contributed by atoms with Crippen molar-refractivity contribution in [3.05, 3.63) is 24.0 Å². The molecule has 0 saturated heterocycles. The first kappa shape index (κ1) is 9.63. The Balaban J connectivity index is 1.97. The summed E-state index contributed by atoms with van der Waals surface area (Å²) in [6.07, 6.45) is 2.77. The fourth-order valence-electron chi connectivity index (χ4n) is 2.24. The van der Waals surface area contributed by atoms with E-state index in [1.807, 2.05) is 0 Å². The molecule has 1 N–H and O–H groups in total. The number of halogens is 1. The summed E-state index contributed by atoms with van der Waals surface area (Å²) in [6.45, 7) is 0.400. The normalized spacial score (nSPS) is 21.4. The number of ether oxygens (including phenoxy) is 1. The zero-order chi connectivity index (χ0) is 11.2. The molecule has 3 nitrogen and oxygen atoms in total. The Hall–Kier alpha value is -1.58. The number of hydrogen-bond donors (Lipinski definition) is 1. The first-order valence-corrected chi connectivity index (χ1v) is 5.43. The molecule has 1 aliphatic heterocycles. The van der Waals surface area contributed by atoms with Gasteiger partial charge in [0.15, 0.2) is 0 Å². The third-order valence-corrected chi connectivity index (χ3v) is 3.49. The van der Waals surface area contributed by atoms with Crippen LogP contribution in [0.4, 0.5) is 10.1 Å². The average Bonchev–Trinajstić information content (AvgIpc) is 2.32. The lowest BCUT2D eigenvalue weighted by Gasteiger charge is -2.37. The Bertz CT molecular complexity index is 454. The molecule has 84 valence electrons. The maximum atomic E-state index is 13.0. The van der Waals surface area contributed by atoms with Crippen LogP contribution in [0.5, 0.6) is 5.75 Å². The molecule has 1 amide bonds. The van der Waals surface area contributed by atoms with Crippen LogP contribution in [0.15, 0.2) is 18.2 Å².